The highest BCUT2D eigenvalue weighted by molar-refractivity contribution is 14.1. The number of aryl methyl sites for hydroxylation is 1. The van der Waals surface area contributed by atoms with Crippen molar-refractivity contribution in [1.29, 1.82) is 0 Å². The Labute approximate surface area is 86.3 Å². The molecule has 0 fully saturated rings. The van der Waals surface area contributed by atoms with Crippen molar-refractivity contribution < 1.29 is 4.39 Å². The number of rotatable bonds is 2. The topological polar surface area (TPSA) is 25.8 Å². The third-order valence-electron chi connectivity index (χ3n) is 1.75. The first-order valence-corrected chi connectivity index (χ1v) is 7.33. The molecule has 0 aromatic carbocycles. The van der Waals surface area contributed by atoms with Crippen LogP contribution in [0.1, 0.15) is 5.69 Å². The molecule has 0 spiro atoms. The van der Waals surface area contributed by atoms with Gasteiger partial charge < -0.3 is 0 Å². The van der Waals surface area contributed by atoms with Crippen molar-refractivity contribution in [2.45, 2.75) is 13.5 Å². The summed E-state index contributed by atoms with van der Waals surface area (Å²) in [6, 6.07) is 1.94. The predicted octanol–water partition coefficient (Wildman–Crippen LogP) is 0.962. The number of alkyl halides is 1. The maximum atomic E-state index is 12.4. The van der Waals surface area contributed by atoms with Crippen LogP contribution in [0.5, 0.6) is 0 Å². The standard InChI is InChI=1S/C7H10FIN2Si/c1-5-6(12(2)4-8)3-7(9)11-10-5/h3,12H,4H2,1-2H3. The fraction of sp³-hybridized carbons (Fsp3) is 0.429. The molecule has 0 aliphatic carbocycles. The molecule has 2 nitrogen and oxygen atoms in total. The second-order valence-electron chi connectivity index (χ2n) is 2.76. The molecule has 1 heterocycles. The molecule has 1 aromatic heterocycles. The summed E-state index contributed by atoms with van der Waals surface area (Å²) in [6.07, 6.45) is -0.206. The number of halogens is 2. The summed E-state index contributed by atoms with van der Waals surface area (Å²) in [4.78, 5) is 0. The smallest absolute Gasteiger partial charge is 0.123 e. The van der Waals surface area contributed by atoms with Crippen molar-refractivity contribution >= 4 is 36.6 Å². The van der Waals surface area contributed by atoms with E-state index in [9.17, 15) is 4.39 Å². The summed E-state index contributed by atoms with van der Waals surface area (Å²) >= 11 is 2.10. The molecule has 1 unspecified atom stereocenters. The van der Waals surface area contributed by atoms with Gasteiger partial charge in [-0.25, -0.2) is 0 Å². The second kappa shape index (κ2) is 4.27. The van der Waals surface area contributed by atoms with E-state index in [1.165, 1.54) is 0 Å². The average molecular weight is 296 g/mol. The Balaban J connectivity index is 3.04. The second-order valence-corrected chi connectivity index (χ2v) is 6.60. The lowest BCUT2D eigenvalue weighted by atomic mass is 10.4. The third kappa shape index (κ3) is 2.22. The van der Waals surface area contributed by atoms with Gasteiger partial charge in [-0.3, -0.25) is 4.39 Å². The van der Waals surface area contributed by atoms with E-state index >= 15 is 0 Å². The number of nitrogens with zero attached hydrogens (tertiary/aromatic N) is 2. The average Bonchev–Trinajstić information content (AvgIpc) is 2.08. The molecule has 66 valence electrons. The van der Waals surface area contributed by atoms with Crippen molar-refractivity contribution in [3.05, 3.63) is 15.5 Å². The molecule has 0 N–H and O–H groups in total. The summed E-state index contributed by atoms with van der Waals surface area (Å²) in [5, 5.41) is 8.95. The molecule has 1 rings (SSSR count). The van der Waals surface area contributed by atoms with Gasteiger partial charge in [-0.1, -0.05) is 6.55 Å². The molecular formula is C7H10FIN2Si. The zero-order valence-electron chi connectivity index (χ0n) is 7.01. The monoisotopic (exact) mass is 296 g/mol. The largest absolute Gasteiger partial charge is 0.255 e. The minimum absolute atomic E-state index is 0.206. The van der Waals surface area contributed by atoms with Gasteiger partial charge in [-0.05, 0) is 40.8 Å². The first-order valence-electron chi connectivity index (χ1n) is 3.71. The van der Waals surface area contributed by atoms with Crippen LogP contribution in [0, 0.1) is 10.6 Å². The van der Waals surface area contributed by atoms with Gasteiger partial charge in [0.25, 0.3) is 0 Å². The van der Waals surface area contributed by atoms with Crippen LogP contribution in [-0.4, -0.2) is 25.3 Å². The van der Waals surface area contributed by atoms with E-state index in [2.05, 4.69) is 32.8 Å². The van der Waals surface area contributed by atoms with Gasteiger partial charge >= 0.3 is 0 Å². The fourth-order valence-corrected chi connectivity index (χ4v) is 3.19. The molecular weight excluding hydrogens is 286 g/mol. The molecule has 0 saturated heterocycles. The van der Waals surface area contributed by atoms with Crippen LogP contribution < -0.4 is 5.19 Å². The van der Waals surface area contributed by atoms with E-state index in [4.69, 9.17) is 0 Å². The van der Waals surface area contributed by atoms with Crippen molar-refractivity contribution in [2.24, 2.45) is 0 Å². The maximum Gasteiger partial charge on any atom is 0.123 e. The SMILES string of the molecule is Cc1nnc(I)cc1[SiH](C)CF. The van der Waals surface area contributed by atoms with Gasteiger partial charge in [0.1, 0.15) is 12.5 Å². The number of aromatic nitrogens is 2. The van der Waals surface area contributed by atoms with Gasteiger partial charge in [0.2, 0.25) is 0 Å². The van der Waals surface area contributed by atoms with E-state index in [1.54, 1.807) is 0 Å². The first kappa shape index (κ1) is 10.0. The molecule has 1 atom stereocenters. The van der Waals surface area contributed by atoms with Gasteiger partial charge in [0, 0.05) is 0 Å². The lowest BCUT2D eigenvalue weighted by Gasteiger charge is -2.07. The molecule has 0 aliphatic heterocycles. The van der Waals surface area contributed by atoms with Crippen LogP contribution in [0.3, 0.4) is 0 Å². The molecule has 1 aromatic rings. The van der Waals surface area contributed by atoms with Crippen LogP contribution in [0.4, 0.5) is 4.39 Å². The summed E-state index contributed by atoms with van der Waals surface area (Å²) < 4.78 is 13.2. The van der Waals surface area contributed by atoms with Crippen LogP contribution in [0.15, 0.2) is 6.07 Å². The summed E-state index contributed by atoms with van der Waals surface area (Å²) in [7, 11) is -1.38. The zero-order valence-corrected chi connectivity index (χ0v) is 10.3. The summed E-state index contributed by atoms with van der Waals surface area (Å²) in [5.74, 6) is 0. The first-order chi connectivity index (χ1) is 5.65. The molecule has 0 radical (unpaired) electrons. The van der Waals surface area contributed by atoms with E-state index < -0.39 is 8.80 Å². The van der Waals surface area contributed by atoms with E-state index in [-0.39, 0.29) is 6.30 Å². The van der Waals surface area contributed by atoms with Crippen molar-refractivity contribution in [2.75, 3.05) is 6.30 Å². The third-order valence-corrected chi connectivity index (χ3v) is 4.39. The lowest BCUT2D eigenvalue weighted by molar-refractivity contribution is 0.590. The van der Waals surface area contributed by atoms with Crippen molar-refractivity contribution in [3.8, 4) is 0 Å². The zero-order chi connectivity index (χ0) is 9.14. The fourth-order valence-electron chi connectivity index (χ4n) is 1.02. The number of hydrogen-bond acceptors (Lipinski definition) is 2. The highest BCUT2D eigenvalue weighted by Gasteiger charge is 2.11. The lowest BCUT2D eigenvalue weighted by Crippen LogP contribution is -2.32. The molecule has 0 amide bonds. The van der Waals surface area contributed by atoms with Crippen LogP contribution in [0.2, 0.25) is 6.55 Å². The van der Waals surface area contributed by atoms with Gasteiger partial charge in [0.05, 0.1) is 12.0 Å². The molecule has 0 bridgehead atoms. The normalized spacial score (nSPS) is 13.0. The van der Waals surface area contributed by atoms with Crippen molar-refractivity contribution in [1.82, 2.24) is 10.2 Å². The number of hydrogen-bond donors (Lipinski definition) is 0. The Morgan fingerprint density at radius 3 is 2.83 bits per heavy atom. The summed E-state index contributed by atoms with van der Waals surface area (Å²) in [5.41, 5.74) is 0.882. The maximum absolute atomic E-state index is 12.4. The minimum atomic E-state index is -1.38. The molecule has 5 heteroatoms. The van der Waals surface area contributed by atoms with Crippen LogP contribution in [-0.2, 0) is 0 Å². The Morgan fingerprint density at radius 2 is 2.25 bits per heavy atom. The quantitative estimate of drug-likeness (QED) is 0.600. The Hall–Kier alpha value is -0.0431. The Bertz CT molecular complexity index is 282. The Kier molecular flexibility index (Phi) is 3.57. The minimum Gasteiger partial charge on any atom is -0.255 e. The predicted molar refractivity (Wildman–Crippen MR) is 58.1 cm³/mol. The van der Waals surface area contributed by atoms with E-state index in [0.29, 0.717) is 0 Å². The van der Waals surface area contributed by atoms with E-state index in [0.717, 1.165) is 14.6 Å². The highest BCUT2D eigenvalue weighted by Crippen LogP contribution is 1.99. The highest BCUT2D eigenvalue weighted by atomic mass is 127. The molecule has 12 heavy (non-hydrogen) atoms. The van der Waals surface area contributed by atoms with Gasteiger partial charge in [-0.2, -0.15) is 5.10 Å². The molecule has 0 aliphatic rings. The van der Waals surface area contributed by atoms with Gasteiger partial charge in [0.15, 0.2) is 0 Å². The van der Waals surface area contributed by atoms with Crippen molar-refractivity contribution in [3.63, 3.8) is 0 Å². The summed E-state index contributed by atoms with van der Waals surface area (Å²) in [6.45, 7) is 3.87. The molecule has 0 saturated carbocycles. The van der Waals surface area contributed by atoms with Crippen LogP contribution in [0.25, 0.3) is 0 Å². The van der Waals surface area contributed by atoms with E-state index in [1.807, 2.05) is 19.5 Å². The Morgan fingerprint density at radius 1 is 1.58 bits per heavy atom. The van der Waals surface area contributed by atoms with Crippen LogP contribution >= 0.6 is 22.6 Å². The van der Waals surface area contributed by atoms with Gasteiger partial charge in [-0.15, -0.1) is 5.10 Å².